The van der Waals surface area contributed by atoms with Gasteiger partial charge in [0.25, 0.3) is 0 Å². The number of aromatic hydroxyl groups is 6. The Morgan fingerprint density at radius 1 is 0.781 bits per heavy atom. The van der Waals surface area contributed by atoms with Gasteiger partial charge in [0.2, 0.25) is 0 Å². The number of hydrogen-bond acceptors (Lipinski definition) is 6. The summed E-state index contributed by atoms with van der Waals surface area (Å²) >= 11 is 0. The van der Waals surface area contributed by atoms with Crippen molar-refractivity contribution in [3.63, 3.8) is 0 Å². The summed E-state index contributed by atoms with van der Waals surface area (Å²) in [7, 11) is 1.84. The van der Waals surface area contributed by atoms with Gasteiger partial charge in [0.1, 0.15) is 5.52 Å². The minimum atomic E-state index is -0.276. The van der Waals surface area contributed by atoms with Crippen LogP contribution in [0.3, 0.4) is 0 Å². The fraction of sp³-hybridized carbons (Fsp3) is 0.0833. The topological polar surface area (TPSA) is 143 Å². The number of aromatic nitrogens is 1. The fourth-order valence-corrected chi connectivity index (χ4v) is 3.76. The number of rotatable bonds is 4. The van der Waals surface area contributed by atoms with Crippen molar-refractivity contribution in [2.75, 3.05) is 7.05 Å². The van der Waals surface area contributed by atoms with Gasteiger partial charge in [-0.25, -0.2) is 5.43 Å². The molecular weight excluding hydrogens is 412 g/mol. The zero-order chi connectivity index (χ0) is 23.0. The average molecular weight is 435 g/mol. The van der Waals surface area contributed by atoms with Crippen LogP contribution in [0.1, 0.15) is 11.1 Å². The summed E-state index contributed by atoms with van der Waals surface area (Å²) in [5.41, 5.74) is 3.82. The average Bonchev–Trinajstić information content (AvgIpc) is 3.07. The van der Waals surface area contributed by atoms with Crippen LogP contribution in [0.4, 0.5) is 0 Å². The van der Waals surface area contributed by atoms with E-state index in [1.807, 2.05) is 23.2 Å². The predicted octanol–water partition coefficient (Wildman–Crippen LogP) is 0.683. The van der Waals surface area contributed by atoms with Crippen molar-refractivity contribution >= 4 is 23.1 Å². The molecule has 0 aliphatic heterocycles. The Bertz CT molecular complexity index is 1460. The summed E-state index contributed by atoms with van der Waals surface area (Å²) in [5, 5.41) is 61.3. The molecule has 0 bridgehead atoms. The van der Waals surface area contributed by atoms with E-state index in [0.717, 1.165) is 5.56 Å². The normalized spacial score (nSPS) is 12.7. The number of hydrogen-bond donors (Lipinski definition) is 7. The molecule has 0 spiro atoms. The lowest BCUT2D eigenvalue weighted by Crippen LogP contribution is -2.86. The number of phenols is 6. The van der Waals surface area contributed by atoms with E-state index < -0.39 is 0 Å². The van der Waals surface area contributed by atoms with Crippen LogP contribution in [0.15, 0.2) is 48.5 Å². The highest BCUT2D eigenvalue weighted by molar-refractivity contribution is 5.90. The highest BCUT2D eigenvalue weighted by Crippen LogP contribution is 2.31. The van der Waals surface area contributed by atoms with Gasteiger partial charge >= 0.3 is 0 Å². The molecule has 0 radical (unpaired) electrons. The second-order valence-corrected chi connectivity index (χ2v) is 7.38. The summed E-state index contributed by atoms with van der Waals surface area (Å²) < 4.78 is 1.86. The first-order chi connectivity index (χ1) is 15.3. The maximum atomic E-state index is 10.6. The van der Waals surface area contributed by atoms with E-state index in [0.29, 0.717) is 33.5 Å². The van der Waals surface area contributed by atoms with Gasteiger partial charge in [0.15, 0.2) is 34.5 Å². The predicted molar refractivity (Wildman–Crippen MR) is 119 cm³/mol. The van der Waals surface area contributed by atoms with E-state index in [1.54, 1.807) is 24.3 Å². The Morgan fingerprint density at radius 3 is 2.09 bits per heavy atom. The lowest BCUT2D eigenvalue weighted by molar-refractivity contribution is -0.682. The van der Waals surface area contributed by atoms with Crippen molar-refractivity contribution in [1.29, 1.82) is 0 Å². The number of fused-ring (bicyclic) bond motifs is 1. The number of nitrogens with two attached hydrogens (primary N) is 1. The van der Waals surface area contributed by atoms with Crippen molar-refractivity contribution < 1.29 is 36.1 Å². The van der Waals surface area contributed by atoms with Crippen molar-refractivity contribution in [1.82, 2.24) is 4.68 Å². The molecule has 3 aromatic carbocycles. The van der Waals surface area contributed by atoms with E-state index >= 15 is 0 Å². The first kappa shape index (κ1) is 21.0. The highest BCUT2D eigenvalue weighted by Gasteiger charge is 2.16. The van der Waals surface area contributed by atoms with Gasteiger partial charge in [-0.1, -0.05) is 18.2 Å². The Kier molecular flexibility index (Phi) is 5.29. The summed E-state index contributed by atoms with van der Waals surface area (Å²) in [5.74, 6) is -1.47. The molecule has 0 unspecified atom stereocenters. The third-order valence-corrected chi connectivity index (χ3v) is 5.34. The SMILES string of the molecule is C[NH2+]n1c(=C\Cc2ccc(O)c(O)c2)/c(=C\c2ccc(O)c(O)c2)c2c(O)c(O)ccc21. The molecule has 4 aromatic rings. The molecule has 0 saturated carbocycles. The van der Waals surface area contributed by atoms with Gasteiger partial charge in [-0.15, -0.1) is 0 Å². The van der Waals surface area contributed by atoms with Gasteiger partial charge in [0, 0.05) is 5.22 Å². The molecule has 8 heteroatoms. The molecule has 8 nitrogen and oxygen atoms in total. The largest absolute Gasteiger partial charge is 0.504 e. The molecule has 0 aliphatic carbocycles. The third-order valence-electron chi connectivity index (χ3n) is 5.34. The molecule has 0 amide bonds. The lowest BCUT2D eigenvalue weighted by atomic mass is 10.1. The Labute approximate surface area is 182 Å². The smallest absolute Gasteiger partial charge is 0.167 e. The van der Waals surface area contributed by atoms with Crippen LogP contribution in [-0.2, 0) is 6.42 Å². The maximum absolute atomic E-state index is 10.6. The number of benzene rings is 3. The molecule has 0 atom stereocenters. The van der Waals surface area contributed by atoms with Gasteiger partial charge < -0.3 is 30.6 Å². The summed E-state index contributed by atoms with van der Waals surface area (Å²) in [6.07, 6.45) is 4.04. The van der Waals surface area contributed by atoms with Crippen LogP contribution in [-0.4, -0.2) is 42.4 Å². The Balaban J connectivity index is 2.03. The fourth-order valence-electron chi connectivity index (χ4n) is 3.76. The second-order valence-electron chi connectivity index (χ2n) is 7.38. The minimum Gasteiger partial charge on any atom is -0.504 e. The van der Waals surface area contributed by atoms with Gasteiger partial charge in [-0.05, 0) is 60.0 Å². The molecule has 0 fully saturated rings. The first-order valence-electron chi connectivity index (χ1n) is 9.89. The third kappa shape index (κ3) is 3.63. The molecule has 164 valence electrons. The van der Waals surface area contributed by atoms with Crippen LogP contribution >= 0.6 is 0 Å². The highest BCUT2D eigenvalue weighted by atomic mass is 16.3. The van der Waals surface area contributed by atoms with Gasteiger partial charge in [-0.2, -0.15) is 4.68 Å². The molecule has 4 rings (SSSR count). The Hall–Kier alpha value is -4.30. The van der Waals surface area contributed by atoms with E-state index in [1.165, 1.54) is 30.3 Å². The minimum absolute atomic E-state index is 0.202. The van der Waals surface area contributed by atoms with Crippen molar-refractivity contribution in [3.05, 3.63) is 70.2 Å². The van der Waals surface area contributed by atoms with Gasteiger partial charge in [0.05, 0.1) is 17.8 Å². The van der Waals surface area contributed by atoms with Crippen LogP contribution in [0.5, 0.6) is 34.5 Å². The van der Waals surface area contributed by atoms with Crippen LogP contribution in [0.2, 0.25) is 0 Å². The molecule has 0 saturated heterocycles. The monoisotopic (exact) mass is 435 g/mol. The number of quaternary nitrogens is 1. The van der Waals surface area contributed by atoms with E-state index in [9.17, 15) is 30.6 Å². The van der Waals surface area contributed by atoms with Crippen LogP contribution < -0.4 is 16.0 Å². The molecule has 8 N–H and O–H groups in total. The van der Waals surface area contributed by atoms with Crippen LogP contribution in [0, 0.1) is 0 Å². The van der Waals surface area contributed by atoms with Crippen molar-refractivity contribution in [3.8, 4) is 34.5 Å². The zero-order valence-corrected chi connectivity index (χ0v) is 17.2. The molecule has 1 heterocycles. The maximum Gasteiger partial charge on any atom is 0.167 e. The van der Waals surface area contributed by atoms with E-state index in [-0.39, 0.29) is 34.5 Å². The standard InChI is InChI=1S/C24H22N2O6/c1-25-26-16(5-2-13-3-7-18(27)21(30)11-13)15(10-14-4-8-19(28)22(31)12-14)23-17(26)6-9-20(29)24(23)32/h3-12,25,27-32H,2H2,1H3/p+1/b15-10+,16-5-. The van der Waals surface area contributed by atoms with E-state index in [2.05, 4.69) is 0 Å². The lowest BCUT2D eigenvalue weighted by Gasteiger charge is -2.02. The van der Waals surface area contributed by atoms with Crippen molar-refractivity contribution in [2.45, 2.75) is 6.42 Å². The summed E-state index contributed by atoms with van der Waals surface area (Å²) in [4.78, 5) is 0. The quantitative estimate of drug-likeness (QED) is 0.186. The number of nitrogens with zero attached hydrogens (tertiary/aromatic N) is 1. The molecule has 32 heavy (non-hydrogen) atoms. The first-order valence-corrected chi connectivity index (χ1v) is 9.89. The molecule has 1 aromatic heterocycles. The zero-order valence-electron chi connectivity index (χ0n) is 17.2. The summed E-state index contributed by atoms with van der Waals surface area (Å²) in [6.45, 7) is 0. The van der Waals surface area contributed by atoms with Crippen LogP contribution in [0.25, 0.3) is 23.1 Å². The van der Waals surface area contributed by atoms with Gasteiger partial charge in [-0.3, -0.25) is 0 Å². The number of phenolic OH excluding ortho intramolecular Hbond substituents is 6. The van der Waals surface area contributed by atoms with E-state index in [4.69, 9.17) is 0 Å². The second kappa shape index (κ2) is 8.09. The van der Waals surface area contributed by atoms with Crippen molar-refractivity contribution in [2.24, 2.45) is 0 Å². The molecule has 0 aliphatic rings. The summed E-state index contributed by atoms with van der Waals surface area (Å²) in [6, 6.07) is 12.1. The molecular formula is C24H23N2O6+. The Morgan fingerprint density at radius 2 is 1.44 bits per heavy atom.